The van der Waals surface area contributed by atoms with Gasteiger partial charge in [0.15, 0.2) is 6.61 Å². The van der Waals surface area contributed by atoms with Crippen LogP contribution < -0.4 is 9.47 Å². The summed E-state index contributed by atoms with van der Waals surface area (Å²) < 4.78 is 22.2. The van der Waals surface area contributed by atoms with Gasteiger partial charge in [0, 0.05) is 13.1 Å². The molecule has 0 aromatic heterocycles. The van der Waals surface area contributed by atoms with Gasteiger partial charge in [0.1, 0.15) is 30.3 Å². The van der Waals surface area contributed by atoms with Crippen LogP contribution in [0.15, 0.2) is 54.6 Å². The average Bonchev–Trinajstić information content (AvgIpc) is 2.75. The fourth-order valence-corrected chi connectivity index (χ4v) is 3.27. The van der Waals surface area contributed by atoms with Crippen molar-refractivity contribution < 1.29 is 28.5 Å². The van der Waals surface area contributed by atoms with Crippen LogP contribution in [0, 0.1) is 0 Å². The van der Waals surface area contributed by atoms with Crippen molar-refractivity contribution >= 4 is 11.9 Å². The van der Waals surface area contributed by atoms with Gasteiger partial charge < -0.3 is 23.8 Å². The number of morpholine rings is 1. The summed E-state index contributed by atoms with van der Waals surface area (Å²) in [6, 6.07) is 16.2. The van der Waals surface area contributed by atoms with E-state index in [-0.39, 0.29) is 36.9 Å². The summed E-state index contributed by atoms with van der Waals surface area (Å²) in [5, 5.41) is 0. The number of hydrogen-bond acceptors (Lipinski definition) is 6. The Kier molecular flexibility index (Phi) is 7.68. The van der Waals surface area contributed by atoms with E-state index in [1.807, 2.05) is 44.2 Å². The minimum Gasteiger partial charge on any atom is -0.490 e. The van der Waals surface area contributed by atoms with Crippen molar-refractivity contribution in [1.29, 1.82) is 0 Å². The second kappa shape index (κ2) is 10.6. The molecular formula is C23H27NO6. The largest absolute Gasteiger partial charge is 0.490 e. The van der Waals surface area contributed by atoms with E-state index < -0.39 is 5.97 Å². The van der Waals surface area contributed by atoms with Gasteiger partial charge in [0.25, 0.3) is 5.91 Å². The van der Waals surface area contributed by atoms with Crippen molar-refractivity contribution in [2.45, 2.75) is 26.1 Å². The number of esters is 1. The molecule has 7 nitrogen and oxygen atoms in total. The highest BCUT2D eigenvalue weighted by Gasteiger charge is 2.26. The van der Waals surface area contributed by atoms with Gasteiger partial charge in [-0.15, -0.1) is 0 Å². The zero-order valence-corrected chi connectivity index (χ0v) is 17.3. The fourth-order valence-electron chi connectivity index (χ4n) is 3.27. The first-order valence-electron chi connectivity index (χ1n) is 10.0. The zero-order valence-electron chi connectivity index (χ0n) is 17.3. The number of benzene rings is 2. The molecule has 2 aromatic carbocycles. The molecule has 7 heteroatoms. The first-order chi connectivity index (χ1) is 14.5. The van der Waals surface area contributed by atoms with Gasteiger partial charge >= 0.3 is 5.97 Å². The third-order valence-electron chi connectivity index (χ3n) is 4.56. The molecule has 30 heavy (non-hydrogen) atoms. The molecule has 0 N–H and O–H groups in total. The summed E-state index contributed by atoms with van der Waals surface area (Å²) in [5.41, 5.74) is 0.272. The molecule has 1 amide bonds. The second-order valence-corrected chi connectivity index (χ2v) is 7.14. The SMILES string of the molecule is CC1CN(C(=O)COC(=O)c2ccccc2OCCOc2ccccc2)CC(C)O1. The van der Waals surface area contributed by atoms with Crippen molar-refractivity contribution in [3.63, 3.8) is 0 Å². The maximum atomic E-state index is 12.5. The van der Waals surface area contributed by atoms with Gasteiger partial charge in [-0.1, -0.05) is 30.3 Å². The van der Waals surface area contributed by atoms with Gasteiger partial charge in [-0.05, 0) is 38.1 Å². The Morgan fingerprint density at radius 3 is 2.30 bits per heavy atom. The third-order valence-corrected chi connectivity index (χ3v) is 4.56. The van der Waals surface area contributed by atoms with E-state index in [1.165, 1.54) is 0 Å². The molecule has 0 aliphatic carbocycles. The van der Waals surface area contributed by atoms with Gasteiger partial charge in [0.05, 0.1) is 12.2 Å². The first kappa shape index (κ1) is 21.6. The fraction of sp³-hybridized carbons (Fsp3) is 0.391. The minimum absolute atomic E-state index is 0.0411. The van der Waals surface area contributed by atoms with Crippen LogP contribution in [0.2, 0.25) is 0 Å². The van der Waals surface area contributed by atoms with Gasteiger partial charge in [0.2, 0.25) is 0 Å². The van der Waals surface area contributed by atoms with Crippen LogP contribution in [0.5, 0.6) is 11.5 Å². The van der Waals surface area contributed by atoms with Gasteiger partial charge in [-0.25, -0.2) is 4.79 Å². The normalized spacial score (nSPS) is 18.5. The van der Waals surface area contributed by atoms with E-state index in [1.54, 1.807) is 29.2 Å². The standard InChI is InChI=1S/C23H27NO6/c1-17-14-24(15-18(2)30-17)22(25)16-29-23(26)20-10-6-7-11-21(20)28-13-12-27-19-8-4-3-5-9-19/h3-11,17-18H,12-16H2,1-2H3. The minimum atomic E-state index is -0.600. The average molecular weight is 413 g/mol. The molecule has 0 saturated carbocycles. The summed E-state index contributed by atoms with van der Waals surface area (Å²) in [7, 11) is 0. The lowest BCUT2D eigenvalue weighted by atomic mass is 10.2. The van der Waals surface area contributed by atoms with Gasteiger partial charge in [-0.2, -0.15) is 0 Å². The molecule has 0 bridgehead atoms. The highest BCUT2D eigenvalue weighted by atomic mass is 16.5. The number of hydrogen-bond donors (Lipinski definition) is 0. The quantitative estimate of drug-likeness (QED) is 0.489. The van der Waals surface area contributed by atoms with Crippen LogP contribution in [-0.2, 0) is 14.3 Å². The lowest BCUT2D eigenvalue weighted by Gasteiger charge is -2.35. The lowest BCUT2D eigenvalue weighted by molar-refractivity contribution is -0.146. The van der Waals surface area contributed by atoms with E-state index in [9.17, 15) is 9.59 Å². The highest BCUT2D eigenvalue weighted by Crippen LogP contribution is 2.19. The van der Waals surface area contributed by atoms with E-state index in [0.29, 0.717) is 25.4 Å². The van der Waals surface area contributed by atoms with Crippen LogP contribution in [-0.4, -0.2) is 61.9 Å². The van der Waals surface area contributed by atoms with Crippen molar-refractivity contribution in [3.05, 3.63) is 60.2 Å². The molecule has 2 aromatic rings. The molecular weight excluding hydrogens is 386 g/mol. The Morgan fingerprint density at radius 1 is 0.933 bits per heavy atom. The smallest absolute Gasteiger partial charge is 0.342 e. The summed E-state index contributed by atoms with van der Waals surface area (Å²) >= 11 is 0. The Bertz CT molecular complexity index is 831. The number of amides is 1. The van der Waals surface area contributed by atoms with Crippen LogP contribution in [0.25, 0.3) is 0 Å². The summed E-state index contributed by atoms with van der Waals surface area (Å²) in [6.07, 6.45) is -0.0822. The second-order valence-electron chi connectivity index (χ2n) is 7.14. The molecule has 3 rings (SSSR count). The van der Waals surface area contributed by atoms with Crippen molar-refractivity contribution in [2.24, 2.45) is 0 Å². The third kappa shape index (κ3) is 6.22. The monoisotopic (exact) mass is 413 g/mol. The van der Waals surface area contributed by atoms with E-state index in [4.69, 9.17) is 18.9 Å². The number of para-hydroxylation sites is 2. The Balaban J connectivity index is 1.49. The van der Waals surface area contributed by atoms with Crippen molar-refractivity contribution in [2.75, 3.05) is 32.9 Å². The van der Waals surface area contributed by atoms with Crippen LogP contribution >= 0.6 is 0 Å². The Morgan fingerprint density at radius 2 is 1.57 bits per heavy atom. The molecule has 1 heterocycles. The van der Waals surface area contributed by atoms with E-state index in [0.717, 1.165) is 5.75 Å². The summed E-state index contributed by atoms with van der Waals surface area (Å²) in [4.78, 5) is 26.6. The molecule has 160 valence electrons. The molecule has 0 radical (unpaired) electrons. The van der Waals surface area contributed by atoms with Crippen LogP contribution in [0.4, 0.5) is 0 Å². The number of rotatable bonds is 8. The van der Waals surface area contributed by atoms with E-state index in [2.05, 4.69) is 0 Å². The molecule has 0 spiro atoms. The maximum absolute atomic E-state index is 12.5. The molecule has 1 fully saturated rings. The number of carbonyl (C=O) groups excluding carboxylic acids is 2. The molecule has 1 aliphatic heterocycles. The topological polar surface area (TPSA) is 74.3 Å². The molecule has 2 unspecified atom stereocenters. The molecule has 1 aliphatic rings. The zero-order chi connectivity index (χ0) is 21.3. The Hall–Kier alpha value is -3.06. The number of carbonyl (C=O) groups is 2. The van der Waals surface area contributed by atoms with Gasteiger partial charge in [-0.3, -0.25) is 4.79 Å². The maximum Gasteiger partial charge on any atom is 0.342 e. The predicted molar refractivity (Wildman–Crippen MR) is 111 cm³/mol. The van der Waals surface area contributed by atoms with E-state index >= 15 is 0 Å². The van der Waals surface area contributed by atoms with Crippen LogP contribution in [0.1, 0.15) is 24.2 Å². The molecule has 1 saturated heterocycles. The number of nitrogens with zero attached hydrogens (tertiary/aromatic N) is 1. The predicted octanol–water partition coefficient (Wildman–Crippen LogP) is 2.94. The lowest BCUT2D eigenvalue weighted by Crippen LogP contribution is -2.49. The first-order valence-corrected chi connectivity index (χ1v) is 10.0. The van der Waals surface area contributed by atoms with Crippen LogP contribution in [0.3, 0.4) is 0 Å². The van der Waals surface area contributed by atoms with Crippen molar-refractivity contribution in [3.8, 4) is 11.5 Å². The molecule has 2 atom stereocenters. The summed E-state index contributed by atoms with van der Waals surface area (Å²) in [6.45, 7) is 5.09. The number of ether oxygens (including phenoxy) is 4. The van der Waals surface area contributed by atoms with Crippen molar-refractivity contribution in [1.82, 2.24) is 4.90 Å². The summed E-state index contributed by atoms with van der Waals surface area (Å²) in [5.74, 6) is 0.302. The highest BCUT2D eigenvalue weighted by molar-refractivity contribution is 5.94. The Labute approximate surface area is 176 Å².